The molecule has 6 rings (SSSR count). The summed E-state index contributed by atoms with van der Waals surface area (Å²) in [4.78, 5) is 13.7. The molecule has 6 aromatic carbocycles. The molecule has 1 atom stereocenters. The van der Waals surface area contributed by atoms with Gasteiger partial charge in [0.15, 0.2) is 10.6 Å². The normalized spacial score (nSPS) is 13.8. The van der Waals surface area contributed by atoms with Crippen molar-refractivity contribution in [2.75, 3.05) is 12.0 Å². The third kappa shape index (κ3) is 14.3. The zero-order valence-electron chi connectivity index (χ0n) is 39.1. The van der Waals surface area contributed by atoms with Gasteiger partial charge in [0.2, 0.25) is 5.78 Å². The minimum atomic E-state index is -6.13. The molecule has 27 heteroatoms. The first kappa shape index (κ1) is 61.6. The first-order valence-corrected chi connectivity index (χ1v) is 23.2. The fraction of sp³-hybridized carbons (Fsp3) is 0.260. The molecule has 0 N–H and O–H groups in total. The van der Waals surface area contributed by atoms with Crippen LogP contribution < -0.4 is 21.9 Å². The molecule has 0 saturated carbocycles. The van der Waals surface area contributed by atoms with E-state index in [9.17, 15) is 110 Å². The minimum Gasteiger partial charge on any atom is -0.289 e. The van der Waals surface area contributed by atoms with Crippen LogP contribution in [0.1, 0.15) is 71.6 Å². The maximum Gasteiger partial charge on any atom is 0.416 e. The molecular formula is C50H33BF24OS. The summed E-state index contributed by atoms with van der Waals surface area (Å²) in [5, 5.41) is 0. The highest BCUT2D eigenvalue weighted by molar-refractivity contribution is 7.97. The van der Waals surface area contributed by atoms with Crippen molar-refractivity contribution in [1.29, 1.82) is 0 Å². The number of ketones is 1. The van der Waals surface area contributed by atoms with Crippen molar-refractivity contribution in [3.8, 4) is 0 Å². The molecule has 0 radical (unpaired) electrons. The fourth-order valence-electron chi connectivity index (χ4n) is 8.76. The quantitative estimate of drug-likeness (QED) is 0.0642. The SMILES string of the molecule is Cc1cc(C)c([S+](C)CC(=O)c2ccccc2)c(C)c1.FC(F)(F)c1cc([B-](c2cc(C(F)(F)F)cc(C(F)(F)F)c2)(c2cc(C(F)(F)F)cc(C(F)(F)F)c2)c2cc(C(F)(F)F)cc(C(F)(F)F)c2)cc(C(F)(F)F)c1. The number of Topliss-reactive ketones (excluding diaryl/α,β-unsaturated/α-hetero) is 1. The van der Waals surface area contributed by atoms with Crippen molar-refractivity contribution in [2.45, 2.75) is 75.1 Å². The van der Waals surface area contributed by atoms with Crippen LogP contribution in [-0.4, -0.2) is 23.9 Å². The molecule has 0 aliphatic rings. The highest BCUT2D eigenvalue weighted by Crippen LogP contribution is 2.41. The second kappa shape index (κ2) is 21.2. The molecule has 0 aliphatic carbocycles. The van der Waals surface area contributed by atoms with Crippen LogP contribution in [0.5, 0.6) is 0 Å². The molecule has 0 saturated heterocycles. The first-order chi connectivity index (χ1) is 34.7. The van der Waals surface area contributed by atoms with Crippen LogP contribution in [0.4, 0.5) is 105 Å². The van der Waals surface area contributed by atoms with Gasteiger partial charge in [-0.2, -0.15) is 127 Å². The van der Waals surface area contributed by atoms with E-state index in [-0.39, 0.29) is 16.7 Å². The molecule has 0 aliphatic heterocycles. The van der Waals surface area contributed by atoms with Gasteiger partial charge in [0.25, 0.3) is 0 Å². The Balaban J connectivity index is 0.000000455. The lowest BCUT2D eigenvalue weighted by Gasteiger charge is -2.46. The van der Waals surface area contributed by atoms with Crippen LogP contribution in [0.25, 0.3) is 0 Å². The van der Waals surface area contributed by atoms with Crippen molar-refractivity contribution >= 4 is 44.7 Å². The molecule has 6 aromatic rings. The monoisotopic (exact) mass is 1150 g/mol. The second-order valence-electron chi connectivity index (χ2n) is 17.5. The number of hydrogen-bond donors (Lipinski definition) is 0. The lowest BCUT2D eigenvalue weighted by molar-refractivity contribution is -0.144. The summed E-state index contributed by atoms with van der Waals surface area (Å²) >= 11 is 0. The van der Waals surface area contributed by atoms with Gasteiger partial charge in [-0.1, -0.05) is 96.6 Å². The Morgan fingerprint density at radius 3 is 0.792 bits per heavy atom. The van der Waals surface area contributed by atoms with E-state index in [0.717, 1.165) is 5.56 Å². The molecule has 0 amide bonds. The largest absolute Gasteiger partial charge is 0.416 e. The van der Waals surface area contributed by atoms with Gasteiger partial charge in [0.05, 0.1) is 44.5 Å². The molecule has 1 unspecified atom stereocenters. The van der Waals surface area contributed by atoms with Crippen LogP contribution in [0, 0.1) is 20.8 Å². The van der Waals surface area contributed by atoms with E-state index in [2.05, 4.69) is 39.2 Å². The van der Waals surface area contributed by atoms with Crippen molar-refractivity contribution in [3.05, 3.63) is 182 Å². The third-order valence-corrected chi connectivity index (χ3v) is 13.9. The minimum absolute atomic E-state index is 0.0449. The maximum absolute atomic E-state index is 14.2. The molecule has 416 valence electrons. The van der Waals surface area contributed by atoms with E-state index in [1.807, 2.05) is 30.3 Å². The number of alkyl halides is 24. The van der Waals surface area contributed by atoms with E-state index in [1.54, 1.807) is 0 Å². The van der Waals surface area contributed by atoms with Gasteiger partial charge >= 0.3 is 49.4 Å². The zero-order valence-corrected chi connectivity index (χ0v) is 40.0. The lowest BCUT2D eigenvalue weighted by atomic mass is 9.12. The molecule has 0 heterocycles. The van der Waals surface area contributed by atoms with E-state index in [4.69, 9.17) is 0 Å². The summed E-state index contributed by atoms with van der Waals surface area (Å²) in [5.74, 6) is 0.824. The second-order valence-corrected chi connectivity index (χ2v) is 19.5. The standard InChI is InChI=1S/C32H12BF24.C18H21OS/c34-25(35,36)13-1-14(26(37,38)39)6-21(5-13)33(22-7-15(27(40,41)42)2-16(8-22)28(43,44)45,23-9-17(29(46,47)48)3-18(10-23)30(49,50)51)24-11-19(31(52,53)54)4-20(12-24)32(55,56)57;1-13-10-14(2)18(15(3)11-13)20(4)12-17(19)16-8-6-5-7-9-16/h1-12H;5-11H,12H2,1-4H3/q-1;+1. The molecule has 0 bridgehead atoms. The van der Waals surface area contributed by atoms with Crippen molar-refractivity contribution in [3.63, 3.8) is 0 Å². The number of halogens is 24. The number of carbonyl (C=O) groups excluding carboxylic acids is 1. The molecule has 0 aromatic heterocycles. The van der Waals surface area contributed by atoms with Gasteiger partial charge < -0.3 is 0 Å². The van der Waals surface area contributed by atoms with Gasteiger partial charge in [-0.05, 0) is 45.0 Å². The smallest absolute Gasteiger partial charge is 0.289 e. The number of rotatable bonds is 8. The summed E-state index contributed by atoms with van der Waals surface area (Å²) in [7, 11) is -0.0449. The lowest BCUT2D eigenvalue weighted by Crippen LogP contribution is -2.75. The third-order valence-electron chi connectivity index (χ3n) is 11.8. The number of hydrogen-bond acceptors (Lipinski definition) is 1. The Bertz CT molecular complexity index is 2660. The first-order valence-electron chi connectivity index (χ1n) is 21.4. The van der Waals surface area contributed by atoms with Crippen LogP contribution in [-0.2, 0) is 60.3 Å². The average Bonchev–Trinajstić information content (AvgIpc) is 3.27. The van der Waals surface area contributed by atoms with Gasteiger partial charge in [-0.15, -0.1) is 0 Å². The number of carbonyl (C=O) groups is 1. The van der Waals surface area contributed by atoms with Crippen molar-refractivity contribution in [2.24, 2.45) is 0 Å². The number of aryl methyl sites for hydroxylation is 3. The van der Waals surface area contributed by atoms with E-state index in [1.165, 1.54) is 21.6 Å². The van der Waals surface area contributed by atoms with Crippen LogP contribution in [0.2, 0.25) is 0 Å². The van der Waals surface area contributed by atoms with Gasteiger partial charge in [-0.25, -0.2) is 0 Å². The van der Waals surface area contributed by atoms with Crippen LogP contribution >= 0.6 is 0 Å². The Morgan fingerprint density at radius 1 is 0.364 bits per heavy atom. The Kier molecular flexibility index (Phi) is 16.9. The topological polar surface area (TPSA) is 17.1 Å². The highest BCUT2D eigenvalue weighted by atomic mass is 32.2. The molecular weight excluding hydrogens is 1120 g/mol. The number of benzene rings is 6. The predicted molar refractivity (Wildman–Crippen MR) is 238 cm³/mol. The van der Waals surface area contributed by atoms with Crippen molar-refractivity contribution in [1.82, 2.24) is 0 Å². The van der Waals surface area contributed by atoms with E-state index < -0.39 is 195 Å². The zero-order chi connectivity index (χ0) is 58.6. The molecule has 1 nitrogen and oxygen atoms in total. The summed E-state index contributed by atoms with van der Waals surface area (Å²) in [6, 6.07) is 5.18. The summed E-state index contributed by atoms with van der Waals surface area (Å²) in [6.45, 7) is 6.41. The van der Waals surface area contributed by atoms with Gasteiger partial charge in [0, 0.05) is 27.6 Å². The Labute approximate surface area is 423 Å². The average molecular weight is 1150 g/mol. The van der Waals surface area contributed by atoms with Crippen molar-refractivity contribution < 1.29 is 110 Å². The maximum atomic E-state index is 14.2. The van der Waals surface area contributed by atoms with Crippen LogP contribution in [0.15, 0.2) is 120 Å². The predicted octanol–water partition coefficient (Wildman–Crippen LogP) is 15.3. The molecule has 0 fully saturated rings. The summed E-state index contributed by atoms with van der Waals surface area (Å²) in [6.07, 6.45) is -52.6. The molecule has 0 spiro atoms. The highest BCUT2D eigenvalue weighted by Gasteiger charge is 2.47. The Hall–Kier alpha value is -6.28. The van der Waals surface area contributed by atoms with E-state index >= 15 is 0 Å². The fourth-order valence-corrected chi connectivity index (χ4v) is 10.7. The molecule has 77 heavy (non-hydrogen) atoms. The summed E-state index contributed by atoms with van der Waals surface area (Å²) in [5.41, 5.74) is -25.5. The van der Waals surface area contributed by atoms with Crippen LogP contribution in [0.3, 0.4) is 0 Å². The van der Waals surface area contributed by atoms with Gasteiger partial charge in [-0.3, -0.25) is 4.79 Å². The van der Waals surface area contributed by atoms with E-state index in [0.29, 0.717) is 5.75 Å². The summed E-state index contributed by atoms with van der Waals surface area (Å²) < 4.78 is 341. The Morgan fingerprint density at radius 2 is 0.584 bits per heavy atom. The van der Waals surface area contributed by atoms with Gasteiger partial charge in [0.1, 0.15) is 12.4 Å².